The molecule has 0 saturated carbocycles. The molecule has 5 heavy (non-hydrogen) atoms. The van der Waals surface area contributed by atoms with E-state index in [-0.39, 0.29) is 0 Å². The van der Waals surface area contributed by atoms with Gasteiger partial charge in [0.1, 0.15) is 0 Å². The summed E-state index contributed by atoms with van der Waals surface area (Å²) >= 11 is 3.26. The third kappa shape index (κ3) is 0.453. The Morgan fingerprint density at radius 2 is 2.40 bits per heavy atom. The van der Waals surface area contributed by atoms with Crippen LogP contribution < -0.4 is 5.32 Å². The van der Waals surface area contributed by atoms with Crippen LogP contribution in [-0.4, -0.2) is 6.54 Å². The number of nitrogens with one attached hydrogen (secondary N) is 1. The van der Waals surface area contributed by atoms with Gasteiger partial charge in [0.25, 0.3) is 0 Å². The van der Waals surface area contributed by atoms with Gasteiger partial charge in [-0.3, -0.25) is 0 Å². The molecule has 1 N–H and O–H groups in total. The zero-order chi connectivity index (χ0) is 3.70. The average Bonchev–Trinajstić information content (AvgIpc) is 1.30. The molecule has 1 rings (SSSR count). The van der Waals surface area contributed by atoms with Gasteiger partial charge in [0.2, 0.25) is 0 Å². The van der Waals surface area contributed by atoms with E-state index >= 15 is 0 Å². The van der Waals surface area contributed by atoms with Crippen LogP contribution in [0.2, 0.25) is 0 Å². The Labute approximate surface area is 39.2 Å². The summed E-state index contributed by atoms with van der Waals surface area (Å²) in [7, 11) is 0. The summed E-state index contributed by atoms with van der Waals surface area (Å²) in [4.78, 5) is 0. The highest BCUT2D eigenvalue weighted by molar-refractivity contribution is 9.11. The molecule has 0 radical (unpaired) electrons. The molecule has 0 aromatic carbocycles. The largest absolute Gasteiger partial charge is 0.386 e. The molecule has 0 saturated heterocycles. The first-order valence-electron chi connectivity index (χ1n) is 1.47. The van der Waals surface area contributed by atoms with Gasteiger partial charge in [0, 0.05) is 17.2 Å². The Morgan fingerprint density at radius 3 is 2.40 bits per heavy atom. The SMILES string of the molecule is BrC1=CNC1. The minimum Gasteiger partial charge on any atom is -0.386 e. The Kier molecular flexibility index (Phi) is 0.651. The summed E-state index contributed by atoms with van der Waals surface area (Å²) in [6.07, 6.45) is 1.93. The molecule has 0 bridgehead atoms. The third-order valence-corrected chi connectivity index (χ3v) is 1.04. The summed E-state index contributed by atoms with van der Waals surface area (Å²) in [5, 5.41) is 2.95. The molecule has 28 valence electrons. The van der Waals surface area contributed by atoms with Gasteiger partial charge in [-0.05, 0) is 0 Å². The maximum Gasteiger partial charge on any atom is 0.0475 e. The Bertz CT molecular complexity index is 67.3. The fourth-order valence-electron chi connectivity index (χ4n) is 0.179. The molecule has 1 aliphatic heterocycles. The van der Waals surface area contributed by atoms with Crippen LogP contribution >= 0.6 is 15.9 Å². The highest BCUT2D eigenvalue weighted by Crippen LogP contribution is 2.06. The summed E-state index contributed by atoms with van der Waals surface area (Å²) in [6.45, 7) is 1.01. The second-order valence-electron chi connectivity index (χ2n) is 0.972. The monoisotopic (exact) mass is 133 g/mol. The molecule has 0 aromatic rings. The van der Waals surface area contributed by atoms with E-state index in [1.165, 1.54) is 4.48 Å². The molecule has 0 unspecified atom stereocenters. The van der Waals surface area contributed by atoms with Gasteiger partial charge in [-0.15, -0.1) is 0 Å². The molecule has 0 spiro atoms. The zero-order valence-electron chi connectivity index (χ0n) is 2.66. The van der Waals surface area contributed by atoms with Crippen LogP contribution in [0, 0.1) is 0 Å². The quantitative estimate of drug-likeness (QED) is 0.517. The summed E-state index contributed by atoms with van der Waals surface area (Å²) in [5.74, 6) is 0. The minimum atomic E-state index is 1.01. The maximum absolute atomic E-state index is 3.26. The molecule has 2 heteroatoms. The molecular weight excluding hydrogens is 130 g/mol. The number of hydrogen-bond donors (Lipinski definition) is 1. The van der Waals surface area contributed by atoms with Crippen LogP contribution in [-0.2, 0) is 0 Å². The second kappa shape index (κ2) is 1.01. The number of hydrogen-bond acceptors (Lipinski definition) is 1. The van der Waals surface area contributed by atoms with Gasteiger partial charge in [-0.2, -0.15) is 0 Å². The van der Waals surface area contributed by atoms with Gasteiger partial charge < -0.3 is 5.32 Å². The Morgan fingerprint density at radius 1 is 2.00 bits per heavy atom. The van der Waals surface area contributed by atoms with Crippen LogP contribution in [0.15, 0.2) is 10.7 Å². The van der Waals surface area contributed by atoms with Gasteiger partial charge in [0.15, 0.2) is 0 Å². The van der Waals surface area contributed by atoms with Gasteiger partial charge in [-0.1, -0.05) is 15.9 Å². The van der Waals surface area contributed by atoms with Crippen molar-refractivity contribution >= 4 is 15.9 Å². The highest BCUT2D eigenvalue weighted by Gasteiger charge is 1.94. The smallest absolute Gasteiger partial charge is 0.0475 e. The van der Waals surface area contributed by atoms with Gasteiger partial charge >= 0.3 is 0 Å². The van der Waals surface area contributed by atoms with Crippen LogP contribution in [0.25, 0.3) is 0 Å². The van der Waals surface area contributed by atoms with Crippen molar-refractivity contribution in [3.8, 4) is 0 Å². The average molecular weight is 134 g/mol. The first-order chi connectivity index (χ1) is 2.39. The van der Waals surface area contributed by atoms with Crippen LogP contribution in [0.4, 0.5) is 0 Å². The van der Waals surface area contributed by atoms with E-state index in [0.29, 0.717) is 0 Å². The van der Waals surface area contributed by atoms with Crippen molar-refractivity contribution in [2.45, 2.75) is 0 Å². The van der Waals surface area contributed by atoms with Gasteiger partial charge in [0.05, 0.1) is 0 Å². The van der Waals surface area contributed by atoms with Crippen molar-refractivity contribution in [1.82, 2.24) is 5.32 Å². The molecule has 0 atom stereocenters. The standard InChI is InChI=1S/C3H4BrN/c4-3-1-5-2-3/h1,5H,2H2. The van der Waals surface area contributed by atoms with Crippen molar-refractivity contribution in [3.63, 3.8) is 0 Å². The third-order valence-electron chi connectivity index (χ3n) is 0.530. The molecule has 0 aromatic heterocycles. The van der Waals surface area contributed by atoms with Crippen LogP contribution in [0.5, 0.6) is 0 Å². The molecule has 0 amide bonds. The molecule has 1 aliphatic rings. The first kappa shape index (κ1) is 3.22. The number of rotatable bonds is 0. The normalized spacial score (nSPS) is 19.0. The van der Waals surface area contributed by atoms with Crippen molar-refractivity contribution in [3.05, 3.63) is 10.7 Å². The lowest BCUT2D eigenvalue weighted by molar-refractivity contribution is 0.890. The van der Waals surface area contributed by atoms with Crippen molar-refractivity contribution in [2.24, 2.45) is 0 Å². The van der Waals surface area contributed by atoms with E-state index in [1.807, 2.05) is 6.20 Å². The van der Waals surface area contributed by atoms with E-state index in [0.717, 1.165) is 6.54 Å². The fraction of sp³-hybridized carbons (Fsp3) is 0.333. The summed E-state index contributed by atoms with van der Waals surface area (Å²) in [6, 6.07) is 0. The first-order valence-corrected chi connectivity index (χ1v) is 2.27. The summed E-state index contributed by atoms with van der Waals surface area (Å²) < 4.78 is 1.26. The number of halogens is 1. The Balaban J connectivity index is 2.51. The Hall–Kier alpha value is 0.0200. The van der Waals surface area contributed by atoms with Gasteiger partial charge in [-0.25, -0.2) is 0 Å². The lowest BCUT2D eigenvalue weighted by Crippen LogP contribution is -2.17. The van der Waals surface area contributed by atoms with Crippen LogP contribution in [0.1, 0.15) is 0 Å². The lowest BCUT2D eigenvalue weighted by atomic mass is 10.5. The van der Waals surface area contributed by atoms with Crippen molar-refractivity contribution in [1.29, 1.82) is 0 Å². The van der Waals surface area contributed by atoms with Crippen molar-refractivity contribution < 1.29 is 0 Å². The minimum absolute atomic E-state index is 1.01. The predicted molar refractivity (Wildman–Crippen MR) is 25.0 cm³/mol. The maximum atomic E-state index is 3.26. The van der Waals surface area contributed by atoms with E-state index in [1.54, 1.807) is 0 Å². The molecular formula is C3H4BrN. The van der Waals surface area contributed by atoms with E-state index in [9.17, 15) is 0 Å². The molecule has 0 aliphatic carbocycles. The van der Waals surface area contributed by atoms with Crippen molar-refractivity contribution in [2.75, 3.05) is 6.54 Å². The fourth-order valence-corrected chi connectivity index (χ4v) is 0.503. The second-order valence-corrected chi connectivity index (χ2v) is 1.99. The molecule has 0 fully saturated rings. The van der Waals surface area contributed by atoms with E-state index in [2.05, 4.69) is 21.2 Å². The van der Waals surface area contributed by atoms with Crippen LogP contribution in [0.3, 0.4) is 0 Å². The molecule has 1 heterocycles. The predicted octanol–water partition coefficient (Wildman–Crippen LogP) is 0.826. The zero-order valence-corrected chi connectivity index (χ0v) is 4.25. The topological polar surface area (TPSA) is 12.0 Å². The van der Waals surface area contributed by atoms with E-state index in [4.69, 9.17) is 0 Å². The lowest BCUT2D eigenvalue weighted by Gasteiger charge is -2.07. The van der Waals surface area contributed by atoms with E-state index < -0.39 is 0 Å². The highest BCUT2D eigenvalue weighted by atomic mass is 79.9. The summed E-state index contributed by atoms with van der Waals surface area (Å²) in [5.41, 5.74) is 0. The molecule has 1 nitrogen and oxygen atoms in total.